The zero-order valence-electron chi connectivity index (χ0n) is 21.0. The summed E-state index contributed by atoms with van der Waals surface area (Å²) in [5.41, 5.74) is 3.77. The number of benzene rings is 2. The van der Waals surface area contributed by atoms with Gasteiger partial charge in [-0.05, 0) is 53.2 Å². The van der Waals surface area contributed by atoms with E-state index in [0.29, 0.717) is 16.6 Å². The highest BCUT2D eigenvalue weighted by Crippen LogP contribution is 2.44. The molecule has 0 amide bonds. The smallest absolute Gasteiger partial charge is 0.258 e. The molecule has 3 nitrogen and oxygen atoms in total. The number of allylic oxidation sites excluding steroid dienone is 1. The van der Waals surface area contributed by atoms with Gasteiger partial charge >= 0.3 is 0 Å². The van der Waals surface area contributed by atoms with E-state index in [4.69, 9.17) is 4.43 Å². The van der Waals surface area contributed by atoms with Crippen molar-refractivity contribution >= 4 is 30.0 Å². The summed E-state index contributed by atoms with van der Waals surface area (Å²) in [4.78, 5) is 4.26. The maximum Gasteiger partial charge on any atom is 0.258 e. The summed E-state index contributed by atoms with van der Waals surface area (Å²) in [6, 6.07) is 17.9. The Labute approximate surface area is 203 Å². The predicted octanol–water partition coefficient (Wildman–Crippen LogP) is 8.36. The molecule has 1 atom stereocenters. The van der Waals surface area contributed by atoms with Gasteiger partial charge in [-0.1, -0.05) is 84.5 Å². The molecule has 0 aliphatic heterocycles. The summed E-state index contributed by atoms with van der Waals surface area (Å²) in [6.45, 7) is 18.1. The topological polar surface area (TPSA) is 42.1 Å². The number of fused-ring (bicyclic) bond motifs is 1. The Morgan fingerprint density at radius 1 is 0.939 bits per heavy atom. The monoisotopic (exact) mass is 481 g/mol. The average Bonchev–Trinajstić information content (AvgIpc) is 3.15. The second-order valence-electron chi connectivity index (χ2n) is 9.87. The second-order valence-corrected chi connectivity index (χ2v) is 16.7. The van der Waals surface area contributed by atoms with Gasteiger partial charge in [-0.2, -0.15) is 0 Å². The Kier molecular flexibility index (Phi) is 8.41. The van der Waals surface area contributed by atoms with E-state index in [1.54, 1.807) is 0 Å². The van der Waals surface area contributed by atoms with Crippen LogP contribution in [0, 0.1) is 0 Å². The van der Waals surface area contributed by atoms with Crippen LogP contribution in [0.15, 0.2) is 76.9 Å². The zero-order chi connectivity index (χ0) is 24.2. The first-order valence-electron chi connectivity index (χ1n) is 12.1. The number of aromatic nitrogens is 1. The standard InChI is InChI=1S/C28H39NO2SSi/c1-20(2)33(21(3)4,22(5)6)31-23(7)14-13-18-26-25-17-11-12-19-27(25)29-28(26)32(30)24-15-9-8-10-16-24/h8-12,15-17,19-22,29H,7,13-14,18H2,1-6H3. The van der Waals surface area contributed by atoms with Crippen LogP contribution < -0.4 is 0 Å². The van der Waals surface area contributed by atoms with Crippen molar-refractivity contribution in [3.05, 3.63) is 72.5 Å². The summed E-state index contributed by atoms with van der Waals surface area (Å²) in [5.74, 6) is 0.906. The highest BCUT2D eigenvalue weighted by Gasteiger charge is 2.47. The summed E-state index contributed by atoms with van der Waals surface area (Å²) in [6.07, 6.45) is 2.57. The molecule has 0 bridgehead atoms. The number of aromatic amines is 1. The van der Waals surface area contributed by atoms with Gasteiger partial charge in [0.15, 0.2) is 0 Å². The van der Waals surface area contributed by atoms with Crippen molar-refractivity contribution < 1.29 is 8.63 Å². The fourth-order valence-corrected chi connectivity index (χ4v) is 11.9. The third-order valence-corrected chi connectivity index (χ3v) is 14.3. The number of H-pyrrole nitrogens is 1. The van der Waals surface area contributed by atoms with Crippen LogP contribution in [-0.2, 0) is 21.6 Å². The average molecular weight is 482 g/mol. The molecule has 0 radical (unpaired) electrons. The Balaban J connectivity index is 1.79. The van der Waals surface area contributed by atoms with Crippen LogP contribution in [0.5, 0.6) is 0 Å². The summed E-state index contributed by atoms with van der Waals surface area (Å²) < 4.78 is 20.1. The predicted molar refractivity (Wildman–Crippen MR) is 144 cm³/mol. The fraction of sp³-hybridized carbons (Fsp3) is 0.429. The molecule has 0 spiro atoms. The molecule has 0 aliphatic rings. The van der Waals surface area contributed by atoms with Gasteiger partial charge in [-0.3, -0.25) is 0 Å². The first-order chi connectivity index (χ1) is 15.7. The maximum atomic E-state index is 13.4. The van der Waals surface area contributed by atoms with Gasteiger partial charge in [0.1, 0.15) is 15.8 Å². The van der Waals surface area contributed by atoms with Gasteiger partial charge in [0, 0.05) is 22.2 Å². The number of hydrogen-bond donors (Lipinski definition) is 1. The normalized spacial score (nSPS) is 13.2. The van der Waals surface area contributed by atoms with E-state index in [-0.39, 0.29) is 0 Å². The van der Waals surface area contributed by atoms with E-state index in [1.165, 1.54) is 0 Å². The quantitative estimate of drug-likeness (QED) is 0.221. The van der Waals surface area contributed by atoms with Crippen molar-refractivity contribution in [2.75, 3.05) is 0 Å². The molecule has 1 unspecified atom stereocenters. The molecule has 3 rings (SSSR count). The summed E-state index contributed by atoms with van der Waals surface area (Å²) in [7, 11) is -3.22. The highest BCUT2D eigenvalue weighted by molar-refractivity contribution is 7.85. The molecular weight excluding hydrogens is 442 g/mol. The van der Waals surface area contributed by atoms with E-state index in [9.17, 15) is 4.21 Å². The van der Waals surface area contributed by atoms with Gasteiger partial charge in [0.25, 0.3) is 8.32 Å². The van der Waals surface area contributed by atoms with Crippen LogP contribution in [-0.4, -0.2) is 17.5 Å². The van der Waals surface area contributed by atoms with E-state index < -0.39 is 19.1 Å². The number of hydrogen-bond acceptors (Lipinski definition) is 2. The van der Waals surface area contributed by atoms with Crippen molar-refractivity contribution in [1.29, 1.82) is 0 Å². The summed E-state index contributed by atoms with van der Waals surface area (Å²) >= 11 is 0. The van der Waals surface area contributed by atoms with Crippen LogP contribution in [0.2, 0.25) is 16.6 Å². The van der Waals surface area contributed by atoms with Crippen LogP contribution in [0.1, 0.15) is 59.9 Å². The Hall–Kier alpha value is -2.11. The molecule has 1 N–H and O–H groups in total. The lowest BCUT2D eigenvalue weighted by Gasteiger charge is -2.42. The number of nitrogens with one attached hydrogen (secondary N) is 1. The Morgan fingerprint density at radius 3 is 2.12 bits per heavy atom. The third kappa shape index (κ3) is 5.35. The number of para-hydroxylation sites is 1. The van der Waals surface area contributed by atoms with Gasteiger partial charge < -0.3 is 9.41 Å². The van der Waals surface area contributed by atoms with E-state index in [0.717, 1.165) is 51.4 Å². The van der Waals surface area contributed by atoms with Gasteiger partial charge in [0.05, 0.1) is 5.76 Å². The molecule has 2 aromatic carbocycles. The maximum absolute atomic E-state index is 13.4. The molecule has 0 aliphatic carbocycles. The molecule has 1 aromatic heterocycles. The minimum Gasteiger partial charge on any atom is -0.546 e. The van der Waals surface area contributed by atoms with Gasteiger partial charge in [-0.25, -0.2) is 4.21 Å². The Morgan fingerprint density at radius 2 is 1.52 bits per heavy atom. The minimum atomic E-state index is -1.98. The van der Waals surface area contributed by atoms with Crippen molar-refractivity contribution in [1.82, 2.24) is 4.98 Å². The molecule has 5 heteroatoms. The molecule has 0 saturated carbocycles. The van der Waals surface area contributed by atoms with E-state index in [1.807, 2.05) is 42.5 Å². The minimum absolute atomic E-state index is 0.530. The lowest BCUT2D eigenvalue weighted by atomic mass is 10.1. The molecule has 178 valence electrons. The number of rotatable bonds is 11. The third-order valence-electron chi connectivity index (χ3n) is 6.83. The van der Waals surface area contributed by atoms with Crippen LogP contribution in [0.3, 0.4) is 0 Å². The van der Waals surface area contributed by atoms with Crippen LogP contribution in [0.25, 0.3) is 10.9 Å². The van der Waals surface area contributed by atoms with E-state index in [2.05, 4.69) is 65.2 Å². The zero-order valence-corrected chi connectivity index (χ0v) is 22.8. The molecular formula is C28H39NO2SSi. The van der Waals surface area contributed by atoms with Crippen molar-refractivity contribution in [2.45, 2.75) is 87.3 Å². The molecule has 0 fully saturated rings. The number of aryl methyl sites for hydroxylation is 1. The Bertz CT molecular complexity index is 1080. The summed E-state index contributed by atoms with van der Waals surface area (Å²) in [5, 5.41) is 1.96. The van der Waals surface area contributed by atoms with Crippen molar-refractivity contribution in [2.24, 2.45) is 0 Å². The van der Waals surface area contributed by atoms with Gasteiger partial charge in [0.2, 0.25) is 0 Å². The van der Waals surface area contributed by atoms with Crippen molar-refractivity contribution in [3.63, 3.8) is 0 Å². The van der Waals surface area contributed by atoms with Crippen molar-refractivity contribution in [3.8, 4) is 0 Å². The van der Waals surface area contributed by atoms with Crippen LogP contribution in [0.4, 0.5) is 0 Å². The lowest BCUT2D eigenvalue weighted by Crippen LogP contribution is -2.47. The largest absolute Gasteiger partial charge is 0.546 e. The first-order valence-corrected chi connectivity index (χ1v) is 15.4. The lowest BCUT2D eigenvalue weighted by molar-refractivity contribution is 0.354. The molecule has 1 heterocycles. The van der Waals surface area contributed by atoms with Gasteiger partial charge in [-0.15, -0.1) is 0 Å². The fourth-order valence-electron chi connectivity index (χ4n) is 5.36. The van der Waals surface area contributed by atoms with E-state index >= 15 is 0 Å². The second kappa shape index (κ2) is 10.9. The molecule has 0 saturated heterocycles. The molecule has 3 aromatic rings. The SMILES string of the molecule is C=C(CCCc1c(S(=O)c2ccccc2)[nH]c2ccccc12)O[Si](C(C)C)(C(C)C)C(C)C. The molecule has 33 heavy (non-hydrogen) atoms. The highest BCUT2D eigenvalue weighted by atomic mass is 32.2. The van der Waals surface area contributed by atoms with Crippen LogP contribution >= 0.6 is 0 Å². The first kappa shape index (κ1) is 25.5.